The van der Waals surface area contributed by atoms with E-state index in [0.29, 0.717) is 0 Å². The predicted molar refractivity (Wildman–Crippen MR) is 66.9 cm³/mol. The largest absolute Gasteiger partial charge is 0.743 e. The number of alkyl halides is 5. The Morgan fingerprint density at radius 2 is 1.68 bits per heavy atom. The summed E-state index contributed by atoms with van der Waals surface area (Å²) in [6.45, 7) is 2.16. The smallest absolute Gasteiger partial charge is 0.468 e. The molecule has 1 unspecified atom stereocenters. The molecule has 0 heterocycles. The number of esters is 2. The van der Waals surface area contributed by atoms with Gasteiger partial charge in [-0.3, -0.25) is 0 Å². The zero-order valence-electron chi connectivity index (χ0n) is 12.6. The van der Waals surface area contributed by atoms with E-state index in [4.69, 9.17) is 0 Å². The standard InChI is InChI=1S/C11H13F5O8S/c1-4-7(17)24-10(11(14,15)16,8(18)23-6(2)3)22-5-9(12,13)25(19,20)21/h4,6H,1,5H2,2-3H3,(H,19,20,21)/p-1. The molecule has 0 spiro atoms. The second-order valence-corrected chi connectivity index (χ2v) is 6.08. The second kappa shape index (κ2) is 7.61. The van der Waals surface area contributed by atoms with Gasteiger partial charge in [-0.05, 0) is 13.8 Å². The highest BCUT2D eigenvalue weighted by Gasteiger charge is 2.68. The summed E-state index contributed by atoms with van der Waals surface area (Å²) in [6, 6.07) is 0. The fraction of sp³-hybridized carbons (Fsp3) is 0.636. The van der Waals surface area contributed by atoms with E-state index in [1.165, 1.54) is 0 Å². The minimum Gasteiger partial charge on any atom is -0.743 e. The molecule has 25 heavy (non-hydrogen) atoms. The zero-order valence-corrected chi connectivity index (χ0v) is 13.4. The minimum absolute atomic E-state index is 0.148. The molecule has 14 heteroatoms. The lowest BCUT2D eigenvalue weighted by atomic mass is 10.2. The van der Waals surface area contributed by atoms with Crippen molar-refractivity contribution in [3.63, 3.8) is 0 Å². The third kappa shape index (κ3) is 5.61. The summed E-state index contributed by atoms with van der Waals surface area (Å²) in [5.41, 5.74) is 0. The van der Waals surface area contributed by atoms with Gasteiger partial charge in [0.1, 0.15) is 6.61 Å². The highest BCUT2D eigenvalue weighted by atomic mass is 32.2. The van der Waals surface area contributed by atoms with E-state index in [9.17, 15) is 44.5 Å². The number of carbonyl (C=O) groups is 2. The van der Waals surface area contributed by atoms with Crippen molar-refractivity contribution in [1.82, 2.24) is 0 Å². The molecular formula is C11H12F5O8S-. The van der Waals surface area contributed by atoms with E-state index in [1.54, 1.807) is 0 Å². The van der Waals surface area contributed by atoms with E-state index in [1.807, 2.05) is 0 Å². The predicted octanol–water partition coefficient (Wildman–Crippen LogP) is 1.08. The van der Waals surface area contributed by atoms with Gasteiger partial charge in [0.2, 0.25) is 0 Å². The van der Waals surface area contributed by atoms with Crippen molar-refractivity contribution in [2.75, 3.05) is 6.61 Å². The summed E-state index contributed by atoms with van der Waals surface area (Å²) in [7, 11) is -6.44. The topological polar surface area (TPSA) is 119 Å². The van der Waals surface area contributed by atoms with Gasteiger partial charge >= 0.3 is 29.2 Å². The van der Waals surface area contributed by atoms with Gasteiger partial charge in [-0.25, -0.2) is 18.0 Å². The Hall–Kier alpha value is -1.80. The molecule has 0 aromatic heterocycles. The van der Waals surface area contributed by atoms with Gasteiger partial charge in [0.05, 0.1) is 6.10 Å². The first-order valence-electron chi connectivity index (χ1n) is 6.10. The fourth-order valence-corrected chi connectivity index (χ4v) is 1.32. The van der Waals surface area contributed by atoms with Crippen molar-refractivity contribution in [3.05, 3.63) is 12.7 Å². The first-order chi connectivity index (χ1) is 11.0. The first kappa shape index (κ1) is 23.2. The summed E-state index contributed by atoms with van der Waals surface area (Å²) in [5.74, 6) is -9.13. The maximum absolute atomic E-state index is 13.2. The Morgan fingerprint density at radius 3 is 2.00 bits per heavy atom. The van der Waals surface area contributed by atoms with Crippen molar-refractivity contribution < 1.29 is 58.7 Å². The van der Waals surface area contributed by atoms with E-state index < -0.39 is 52.0 Å². The van der Waals surface area contributed by atoms with Crippen molar-refractivity contribution in [2.45, 2.75) is 37.2 Å². The van der Waals surface area contributed by atoms with Crippen LogP contribution in [-0.2, 0) is 33.9 Å². The Labute approximate surface area is 138 Å². The number of hydrogen-bond acceptors (Lipinski definition) is 8. The van der Waals surface area contributed by atoms with Crippen LogP contribution >= 0.6 is 0 Å². The quantitative estimate of drug-likeness (QED) is 0.196. The summed E-state index contributed by atoms with van der Waals surface area (Å²) in [6.07, 6.45) is -7.06. The molecule has 0 rings (SSSR count). The SMILES string of the molecule is C=CC(=O)OC(OCC(F)(F)S(=O)(=O)[O-])(C(=O)OC(C)C)C(F)(F)F. The van der Waals surface area contributed by atoms with Crippen molar-refractivity contribution >= 4 is 22.1 Å². The van der Waals surface area contributed by atoms with Gasteiger partial charge in [-0.15, -0.1) is 0 Å². The monoisotopic (exact) mass is 399 g/mol. The molecule has 0 aliphatic rings. The van der Waals surface area contributed by atoms with Crippen molar-refractivity contribution in [2.24, 2.45) is 0 Å². The zero-order chi connectivity index (χ0) is 20.3. The number of carbonyl (C=O) groups excluding carboxylic acids is 2. The van der Waals surface area contributed by atoms with Crippen LogP contribution in [0.15, 0.2) is 12.7 Å². The molecule has 0 aliphatic heterocycles. The van der Waals surface area contributed by atoms with Crippen LogP contribution in [0.2, 0.25) is 0 Å². The van der Waals surface area contributed by atoms with Crippen LogP contribution in [0.4, 0.5) is 22.0 Å². The van der Waals surface area contributed by atoms with Gasteiger partial charge in [0.15, 0.2) is 10.1 Å². The lowest BCUT2D eigenvalue weighted by Crippen LogP contribution is -2.59. The molecule has 8 nitrogen and oxygen atoms in total. The van der Waals surface area contributed by atoms with E-state index in [0.717, 1.165) is 13.8 Å². The Balaban J connectivity index is 6.05. The first-order valence-corrected chi connectivity index (χ1v) is 7.51. The van der Waals surface area contributed by atoms with Crippen LogP contribution < -0.4 is 0 Å². The van der Waals surface area contributed by atoms with Crippen LogP contribution in [0.3, 0.4) is 0 Å². The van der Waals surface area contributed by atoms with Crippen LogP contribution in [0, 0.1) is 0 Å². The molecule has 0 radical (unpaired) electrons. The molecule has 0 N–H and O–H groups in total. The van der Waals surface area contributed by atoms with E-state index in [-0.39, 0.29) is 6.08 Å². The van der Waals surface area contributed by atoms with Gasteiger partial charge < -0.3 is 18.8 Å². The molecule has 0 aromatic carbocycles. The fourth-order valence-electron chi connectivity index (χ4n) is 1.12. The third-order valence-electron chi connectivity index (χ3n) is 2.20. The van der Waals surface area contributed by atoms with Crippen molar-refractivity contribution in [3.8, 4) is 0 Å². The molecule has 1 atom stereocenters. The van der Waals surface area contributed by atoms with Gasteiger partial charge in [-0.2, -0.15) is 22.0 Å². The molecule has 0 saturated heterocycles. The normalized spacial score (nSPS) is 15.4. The summed E-state index contributed by atoms with van der Waals surface area (Å²) >= 11 is 0. The average Bonchev–Trinajstić information content (AvgIpc) is 2.39. The summed E-state index contributed by atoms with van der Waals surface area (Å²) < 4.78 is 108. The molecule has 0 fully saturated rings. The van der Waals surface area contributed by atoms with E-state index >= 15 is 0 Å². The summed E-state index contributed by atoms with van der Waals surface area (Å²) in [5, 5.41) is -5.36. The number of ether oxygens (including phenoxy) is 3. The molecule has 0 aromatic rings. The maximum Gasteiger partial charge on any atom is 0.468 e. The number of rotatable bonds is 8. The van der Waals surface area contributed by atoms with Crippen molar-refractivity contribution in [1.29, 1.82) is 0 Å². The van der Waals surface area contributed by atoms with Crippen LogP contribution in [0.25, 0.3) is 0 Å². The van der Waals surface area contributed by atoms with Gasteiger partial charge in [0.25, 0.3) is 0 Å². The molecule has 0 aliphatic carbocycles. The molecular weight excluding hydrogens is 387 g/mol. The van der Waals surface area contributed by atoms with Crippen LogP contribution in [0.5, 0.6) is 0 Å². The Kier molecular flexibility index (Phi) is 7.07. The van der Waals surface area contributed by atoms with Gasteiger partial charge in [-0.1, -0.05) is 6.58 Å². The van der Waals surface area contributed by atoms with Crippen LogP contribution in [0.1, 0.15) is 13.8 Å². The van der Waals surface area contributed by atoms with Gasteiger partial charge in [0, 0.05) is 6.08 Å². The Morgan fingerprint density at radius 1 is 1.20 bits per heavy atom. The highest BCUT2D eigenvalue weighted by molar-refractivity contribution is 7.86. The number of hydrogen-bond donors (Lipinski definition) is 0. The Bertz CT molecular complexity index is 627. The molecule has 0 amide bonds. The molecule has 146 valence electrons. The number of halogens is 5. The van der Waals surface area contributed by atoms with E-state index in [2.05, 4.69) is 20.8 Å². The lowest BCUT2D eigenvalue weighted by molar-refractivity contribution is -0.360. The van der Waals surface area contributed by atoms with Crippen LogP contribution in [-0.4, -0.2) is 54.8 Å². The maximum atomic E-state index is 13.2. The lowest BCUT2D eigenvalue weighted by Gasteiger charge is -2.33. The minimum atomic E-state index is -6.44. The summed E-state index contributed by atoms with van der Waals surface area (Å²) in [4.78, 5) is 22.8. The second-order valence-electron chi connectivity index (χ2n) is 4.57. The average molecular weight is 399 g/mol. The molecule has 0 saturated carbocycles. The highest BCUT2D eigenvalue weighted by Crippen LogP contribution is 2.38. The molecule has 0 bridgehead atoms. The third-order valence-corrected chi connectivity index (χ3v) is 3.05.